The second-order valence-corrected chi connectivity index (χ2v) is 3.95. The van der Waals surface area contributed by atoms with Crippen LogP contribution in [-0.2, 0) is 19.1 Å². The lowest BCUT2D eigenvalue weighted by molar-refractivity contribution is -0.168. The Morgan fingerprint density at radius 1 is 1.30 bits per heavy atom. The van der Waals surface area contributed by atoms with Gasteiger partial charge in [0.15, 0.2) is 5.96 Å². The number of hydrogen-bond donors (Lipinski definition) is 6. The van der Waals surface area contributed by atoms with Crippen molar-refractivity contribution >= 4 is 23.9 Å². The average molecular weight is 290 g/mol. The summed E-state index contributed by atoms with van der Waals surface area (Å²) in [6, 6.07) is -1.07. The largest absolute Gasteiger partial charge is 0.481 e. The number of guanidine groups is 1. The number of nitrogens with two attached hydrogens (primary N) is 2. The molecule has 0 heterocycles. The summed E-state index contributed by atoms with van der Waals surface area (Å²) in [5, 5.41) is 26.6. The van der Waals surface area contributed by atoms with Gasteiger partial charge in [-0.25, -0.2) is 4.79 Å². The highest BCUT2D eigenvalue weighted by Crippen LogP contribution is 2.04. The quantitative estimate of drug-likeness (QED) is 0.121. The fraction of sp³-hybridized carbons (Fsp3) is 0.600. The smallest absolute Gasteiger partial charge is 0.345 e. The minimum absolute atomic E-state index is 0.179. The number of carbonyl (C=O) groups is 3. The van der Waals surface area contributed by atoms with Crippen LogP contribution in [-0.4, -0.2) is 52.8 Å². The predicted octanol–water partition coefficient (Wildman–Crippen LogP) is -1.95. The van der Waals surface area contributed by atoms with Gasteiger partial charge in [-0.2, -0.15) is 0 Å². The molecule has 0 saturated carbocycles. The van der Waals surface area contributed by atoms with Crippen LogP contribution in [0.15, 0.2) is 0 Å². The third-order valence-electron chi connectivity index (χ3n) is 2.20. The first-order valence-corrected chi connectivity index (χ1v) is 5.72. The van der Waals surface area contributed by atoms with Gasteiger partial charge in [0.25, 0.3) is 0 Å². The van der Waals surface area contributed by atoms with Crippen LogP contribution in [0.2, 0.25) is 0 Å². The molecule has 0 amide bonds. The van der Waals surface area contributed by atoms with E-state index >= 15 is 0 Å². The van der Waals surface area contributed by atoms with E-state index in [9.17, 15) is 14.4 Å². The molecule has 8 N–H and O–H groups in total. The molecule has 0 aliphatic rings. The van der Waals surface area contributed by atoms with Crippen LogP contribution in [0.25, 0.3) is 0 Å². The van der Waals surface area contributed by atoms with Gasteiger partial charge >= 0.3 is 17.9 Å². The Kier molecular flexibility index (Phi) is 7.67. The van der Waals surface area contributed by atoms with Crippen LogP contribution < -0.4 is 16.8 Å². The topological polar surface area (TPSA) is 189 Å². The molecule has 0 aliphatic carbocycles. The molecule has 0 rings (SSSR count). The second-order valence-electron chi connectivity index (χ2n) is 3.95. The highest BCUT2D eigenvalue weighted by Gasteiger charge is 2.27. The number of rotatable bonds is 9. The van der Waals surface area contributed by atoms with E-state index in [-0.39, 0.29) is 12.4 Å². The molecular formula is C10H18N4O6. The molecule has 0 aromatic carbocycles. The maximum atomic E-state index is 11.5. The molecule has 20 heavy (non-hydrogen) atoms. The molecular weight excluding hydrogens is 272 g/mol. The zero-order valence-electron chi connectivity index (χ0n) is 10.7. The average Bonchev–Trinajstić information content (AvgIpc) is 2.32. The van der Waals surface area contributed by atoms with E-state index in [2.05, 4.69) is 10.1 Å². The normalized spacial score (nSPS) is 13.1. The van der Waals surface area contributed by atoms with Crippen molar-refractivity contribution in [1.29, 1.82) is 5.41 Å². The highest BCUT2D eigenvalue weighted by atomic mass is 16.6. The van der Waals surface area contributed by atoms with Crippen molar-refractivity contribution in [3.05, 3.63) is 0 Å². The Balaban J connectivity index is 4.18. The second kappa shape index (κ2) is 8.69. The fourth-order valence-corrected chi connectivity index (χ4v) is 1.23. The lowest BCUT2D eigenvalue weighted by Gasteiger charge is -2.15. The van der Waals surface area contributed by atoms with Crippen LogP contribution in [0.3, 0.4) is 0 Å². The number of hydrogen-bond acceptors (Lipinski definition) is 6. The lowest BCUT2D eigenvalue weighted by atomic mass is 10.1. The van der Waals surface area contributed by atoms with E-state index in [0.717, 1.165) is 0 Å². The molecule has 0 fully saturated rings. The van der Waals surface area contributed by atoms with Gasteiger partial charge < -0.3 is 31.7 Å². The first kappa shape index (κ1) is 17.6. The molecule has 0 radical (unpaired) electrons. The zero-order valence-corrected chi connectivity index (χ0v) is 10.7. The molecule has 2 atom stereocenters. The summed E-state index contributed by atoms with van der Waals surface area (Å²) in [4.78, 5) is 32.6. The van der Waals surface area contributed by atoms with Gasteiger partial charge in [-0.3, -0.25) is 15.0 Å². The van der Waals surface area contributed by atoms with E-state index in [1.807, 2.05) is 0 Å². The zero-order chi connectivity index (χ0) is 15.7. The van der Waals surface area contributed by atoms with Crippen LogP contribution in [0.1, 0.15) is 19.3 Å². The minimum Gasteiger partial charge on any atom is -0.481 e. The number of carboxylic acids is 2. The first-order chi connectivity index (χ1) is 9.23. The first-order valence-electron chi connectivity index (χ1n) is 5.72. The van der Waals surface area contributed by atoms with Gasteiger partial charge in [0, 0.05) is 6.54 Å². The van der Waals surface area contributed by atoms with Crippen molar-refractivity contribution in [1.82, 2.24) is 5.32 Å². The summed E-state index contributed by atoms with van der Waals surface area (Å²) in [5.41, 5.74) is 10.5. The number of carboxylic acid groups (broad SMARTS) is 2. The Hall–Kier alpha value is -2.36. The van der Waals surface area contributed by atoms with E-state index in [0.29, 0.717) is 13.0 Å². The summed E-state index contributed by atoms with van der Waals surface area (Å²) in [5.74, 6) is -4.15. The van der Waals surface area contributed by atoms with Gasteiger partial charge in [0.1, 0.15) is 6.04 Å². The number of esters is 1. The van der Waals surface area contributed by atoms with Crippen LogP contribution in [0.4, 0.5) is 0 Å². The lowest BCUT2D eigenvalue weighted by Crippen LogP contribution is -2.39. The van der Waals surface area contributed by atoms with Crippen LogP contribution in [0, 0.1) is 5.41 Å². The molecule has 0 aliphatic heterocycles. The molecule has 0 bridgehead atoms. The standard InChI is InChI=1S/C10H18N4O6/c11-5(2-1-3-14-10(12)13)9(19)20-6(8(17)18)4-7(15)16/h5-6H,1-4,11H2,(H,15,16)(H,17,18)(H4,12,13,14)/t5-,6?/m0/s1. The maximum absolute atomic E-state index is 11.5. The van der Waals surface area contributed by atoms with E-state index in [1.54, 1.807) is 0 Å². The van der Waals surface area contributed by atoms with Crippen LogP contribution in [0.5, 0.6) is 0 Å². The van der Waals surface area contributed by atoms with Gasteiger partial charge in [-0.05, 0) is 12.8 Å². The molecule has 1 unspecified atom stereocenters. The Labute approximate surface area is 114 Å². The van der Waals surface area contributed by atoms with Gasteiger partial charge in [0.05, 0.1) is 6.42 Å². The van der Waals surface area contributed by atoms with Gasteiger partial charge in [0.2, 0.25) is 6.10 Å². The Morgan fingerprint density at radius 3 is 2.35 bits per heavy atom. The summed E-state index contributed by atoms with van der Waals surface area (Å²) < 4.78 is 4.53. The molecule has 0 aromatic rings. The molecule has 114 valence electrons. The molecule has 0 spiro atoms. The number of carbonyl (C=O) groups excluding carboxylic acids is 1. The van der Waals surface area contributed by atoms with Crippen molar-refractivity contribution in [2.24, 2.45) is 11.5 Å². The molecule has 0 saturated heterocycles. The Morgan fingerprint density at radius 2 is 1.90 bits per heavy atom. The van der Waals surface area contributed by atoms with Crippen molar-refractivity contribution in [3.8, 4) is 0 Å². The van der Waals surface area contributed by atoms with E-state index < -0.39 is 36.5 Å². The van der Waals surface area contributed by atoms with E-state index in [4.69, 9.17) is 27.1 Å². The maximum Gasteiger partial charge on any atom is 0.345 e. The summed E-state index contributed by atoms with van der Waals surface area (Å²) in [6.07, 6.45) is -2.01. The number of nitrogens with one attached hydrogen (secondary N) is 2. The summed E-state index contributed by atoms with van der Waals surface area (Å²) in [7, 11) is 0. The molecule has 10 heteroatoms. The Bertz CT molecular complexity index is 386. The predicted molar refractivity (Wildman–Crippen MR) is 66.9 cm³/mol. The molecule has 0 aromatic heterocycles. The number of aliphatic carboxylic acids is 2. The summed E-state index contributed by atoms with van der Waals surface area (Å²) >= 11 is 0. The molecule has 10 nitrogen and oxygen atoms in total. The summed E-state index contributed by atoms with van der Waals surface area (Å²) in [6.45, 7) is 0.327. The van der Waals surface area contributed by atoms with Gasteiger partial charge in [-0.1, -0.05) is 0 Å². The van der Waals surface area contributed by atoms with Crippen molar-refractivity contribution in [2.75, 3.05) is 6.54 Å². The number of ether oxygens (including phenoxy) is 1. The van der Waals surface area contributed by atoms with Crippen molar-refractivity contribution < 1.29 is 29.3 Å². The monoisotopic (exact) mass is 290 g/mol. The minimum atomic E-state index is -1.76. The third kappa shape index (κ3) is 7.87. The highest BCUT2D eigenvalue weighted by molar-refractivity contribution is 5.84. The van der Waals surface area contributed by atoms with Gasteiger partial charge in [-0.15, -0.1) is 0 Å². The third-order valence-corrected chi connectivity index (χ3v) is 2.20. The van der Waals surface area contributed by atoms with Crippen LogP contribution >= 0.6 is 0 Å². The van der Waals surface area contributed by atoms with Crippen molar-refractivity contribution in [3.63, 3.8) is 0 Å². The van der Waals surface area contributed by atoms with Crippen molar-refractivity contribution in [2.45, 2.75) is 31.4 Å². The fourth-order valence-electron chi connectivity index (χ4n) is 1.23. The van der Waals surface area contributed by atoms with E-state index in [1.165, 1.54) is 0 Å². The SMILES string of the molecule is N=C(N)NCCC[C@H](N)C(=O)OC(CC(=O)O)C(=O)O.